The van der Waals surface area contributed by atoms with Gasteiger partial charge in [0.15, 0.2) is 0 Å². The molecule has 0 bridgehead atoms. The van der Waals surface area contributed by atoms with Gasteiger partial charge in [-0.25, -0.2) is 0 Å². The Bertz CT molecular complexity index is 258. The molecule has 0 atom stereocenters. The molecule has 0 aromatic heterocycles. The summed E-state index contributed by atoms with van der Waals surface area (Å²) in [6.45, 7) is 0. The molecule has 1 aliphatic rings. The van der Waals surface area contributed by atoms with Crippen LogP contribution in [0.1, 0.15) is 12.8 Å². The van der Waals surface area contributed by atoms with Crippen LogP contribution in [0.4, 0.5) is 0 Å². The van der Waals surface area contributed by atoms with E-state index in [9.17, 15) is 10.1 Å². The lowest BCUT2D eigenvalue weighted by Crippen LogP contribution is -2.20. The Morgan fingerprint density at radius 2 is 2.25 bits per heavy atom. The smallest absolute Gasteiger partial charge is 0.423 e. The van der Waals surface area contributed by atoms with Gasteiger partial charge in [-0.15, -0.1) is 0 Å². The highest BCUT2D eigenvalue weighted by Gasteiger charge is 2.26. The first-order chi connectivity index (χ1) is 5.63. The highest BCUT2D eigenvalue weighted by molar-refractivity contribution is 6.52. The topological polar surface area (TPSA) is 83.6 Å². The number of hydrogen-bond donors (Lipinski definition) is 2. The number of rotatable bonds is 2. The van der Waals surface area contributed by atoms with E-state index in [-0.39, 0.29) is 17.6 Å². The van der Waals surface area contributed by atoms with Gasteiger partial charge in [-0.3, -0.25) is 10.1 Å². The molecule has 0 aromatic carbocycles. The van der Waals surface area contributed by atoms with E-state index in [0.29, 0.717) is 6.42 Å². The van der Waals surface area contributed by atoms with Crippen molar-refractivity contribution < 1.29 is 15.0 Å². The Kier molecular flexibility index (Phi) is 2.62. The summed E-state index contributed by atoms with van der Waals surface area (Å²) in [6.07, 6.45) is 3.90. The molecule has 1 aliphatic carbocycles. The van der Waals surface area contributed by atoms with Crippen LogP contribution in [0, 0.1) is 10.1 Å². The maximum absolute atomic E-state index is 10.4. The third-order valence-corrected chi connectivity index (χ3v) is 1.68. The van der Waals surface area contributed by atoms with E-state index >= 15 is 0 Å². The minimum absolute atomic E-state index is 0.00810. The second-order valence-electron chi connectivity index (χ2n) is 2.47. The van der Waals surface area contributed by atoms with Gasteiger partial charge in [0.05, 0.1) is 10.4 Å². The largest absolute Gasteiger partial charge is 0.495 e. The molecule has 0 radical (unpaired) electrons. The van der Waals surface area contributed by atoms with Crippen molar-refractivity contribution in [2.45, 2.75) is 12.8 Å². The summed E-state index contributed by atoms with van der Waals surface area (Å²) >= 11 is 0. The zero-order valence-electron chi connectivity index (χ0n) is 6.30. The van der Waals surface area contributed by atoms with E-state index in [1.807, 2.05) is 0 Å². The normalized spacial score (nSPS) is 16.5. The van der Waals surface area contributed by atoms with Crippen LogP contribution in [0.15, 0.2) is 23.3 Å². The van der Waals surface area contributed by atoms with Gasteiger partial charge < -0.3 is 10.0 Å². The van der Waals surface area contributed by atoms with Crippen LogP contribution in [0.25, 0.3) is 0 Å². The van der Waals surface area contributed by atoms with Crippen LogP contribution in [0.2, 0.25) is 0 Å². The average molecular weight is 169 g/mol. The molecule has 64 valence electrons. The molecule has 2 N–H and O–H groups in total. The summed E-state index contributed by atoms with van der Waals surface area (Å²) in [5.74, 6) is 0. The molecule has 1 rings (SSSR count). The van der Waals surface area contributed by atoms with Crippen molar-refractivity contribution in [3.05, 3.63) is 33.4 Å². The summed E-state index contributed by atoms with van der Waals surface area (Å²) in [7, 11) is -1.75. The van der Waals surface area contributed by atoms with Gasteiger partial charge in [0.1, 0.15) is 0 Å². The Morgan fingerprint density at radius 1 is 1.58 bits per heavy atom. The summed E-state index contributed by atoms with van der Waals surface area (Å²) in [5, 5.41) is 27.8. The molecule has 6 heteroatoms. The summed E-state index contributed by atoms with van der Waals surface area (Å²) in [6, 6.07) is 0. The van der Waals surface area contributed by atoms with Crippen LogP contribution >= 0.6 is 0 Å². The second-order valence-corrected chi connectivity index (χ2v) is 2.47. The van der Waals surface area contributed by atoms with Gasteiger partial charge in [0.2, 0.25) is 5.70 Å². The Labute approximate surface area is 69.3 Å². The summed E-state index contributed by atoms with van der Waals surface area (Å²) in [4.78, 5) is 9.79. The molecule has 0 fully saturated rings. The lowest BCUT2D eigenvalue weighted by molar-refractivity contribution is -0.428. The first-order valence-electron chi connectivity index (χ1n) is 3.53. The minimum Gasteiger partial charge on any atom is -0.423 e. The van der Waals surface area contributed by atoms with Crippen LogP contribution in [-0.4, -0.2) is 22.1 Å². The fourth-order valence-electron chi connectivity index (χ4n) is 1.10. The average Bonchev–Trinajstić information content (AvgIpc) is 2.04. The molecule has 0 unspecified atom stereocenters. The van der Waals surface area contributed by atoms with E-state index in [4.69, 9.17) is 10.0 Å². The predicted octanol–water partition coefficient (Wildman–Crippen LogP) is -0.121. The molecule has 0 saturated carbocycles. The molecule has 0 saturated heterocycles. The first-order valence-corrected chi connectivity index (χ1v) is 3.53. The van der Waals surface area contributed by atoms with Gasteiger partial charge in [-0.2, -0.15) is 0 Å². The van der Waals surface area contributed by atoms with Crippen LogP contribution in [0.3, 0.4) is 0 Å². The number of hydrogen-bond acceptors (Lipinski definition) is 4. The maximum atomic E-state index is 10.4. The van der Waals surface area contributed by atoms with Crippen molar-refractivity contribution in [3.8, 4) is 0 Å². The minimum atomic E-state index is -1.75. The van der Waals surface area contributed by atoms with Gasteiger partial charge in [-0.05, 0) is 6.42 Å². The van der Waals surface area contributed by atoms with Crippen molar-refractivity contribution in [2.24, 2.45) is 0 Å². The van der Waals surface area contributed by atoms with E-state index < -0.39 is 12.0 Å². The molecule has 12 heavy (non-hydrogen) atoms. The summed E-state index contributed by atoms with van der Waals surface area (Å²) in [5.41, 5.74) is -0.112. The third kappa shape index (κ3) is 1.72. The fraction of sp³-hybridized carbons (Fsp3) is 0.333. The van der Waals surface area contributed by atoms with Crippen molar-refractivity contribution in [2.75, 3.05) is 0 Å². The monoisotopic (exact) mass is 169 g/mol. The molecule has 0 heterocycles. The van der Waals surface area contributed by atoms with Crippen LogP contribution in [0.5, 0.6) is 0 Å². The molecule has 5 nitrogen and oxygen atoms in total. The number of nitrogens with zero attached hydrogens (tertiary/aromatic N) is 1. The van der Waals surface area contributed by atoms with Gasteiger partial charge in [0.25, 0.3) is 0 Å². The predicted molar refractivity (Wildman–Crippen MR) is 42.6 cm³/mol. The van der Waals surface area contributed by atoms with Gasteiger partial charge in [0, 0.05) is 6.42 Å². The SMILES string of the molecule is O=[N+]([O-])C1=C(B(O)O)C=CCC1. The quantitative estimate of drug-likeness (QED) is 0.342. The van der Waals surface area contributed by atoms with Crippen LogP contribution < -0.4 is 0 Å². The molecule has 0 aliphatic heterocycles. The van der Waals surface area contributed by atoms with Crippen molar-refractivity contribution in [3.63, 3.8) is 0 Å². The molecular formula is C6H8BNO4. The van der Waals surface area contributed by atoms with Crippen molar-refractivity contribution in [1.82, 2.24) is 0 Å². The van der Waals surface area contributed by atoms with Crippen molar-refractivity contribution >= 4 is 7.12 Å². The highest BCUT2D eigenvalue weighted by atomic mass is 16.6. The van der Waals surface area contributed by atoms with E-state index in [1.54, 1.807) is 6.08 Å². The Morgan fingerprint density at radius 3 is 2.67 bits per heavy atom. The maximum Gasteiger partial charge on any atom is 0.495 e. The summed E-state index contributed by atoms with van der Waals surface area (Å²) < 4.78 is 0. The Balaban J connectivity index is 3.00. The van der Waals surface area contributed by atoms with Crippen molar-refractivity contribution in [1.29, 1.82) is 0 Å². The van der Waals surface area contributed by atoms with E-state index in [1.165, 1.54) is 6.08 Å². The number of allylic oxidation sites excluding steroid dienone is 4. The molecule has 0 spiro atoms. The van der Waals surface area contributed by atoms with E-state index in [2.05, 4.69) is 0 Å². The molecular weight excluding hydrogens is 161 g/mol. The van der Waals surface area contributed by atoms with E-state index in [0.717, 1.165) is 0 Å². The lowest BCUT2D eigenvalue weighted by Gasteiger charge is -2.07. The molecule has 0 amide bonds. The zero-order chi connectivity index (χ0) is 9.14. The zero-order valence-corrected chi connectivity index (χ0v) is 6.30. The highest BCUT2D eigenvalue weighted by Crippen LogP contribution is 2.19. The Hall–Kier alpha value is -1.14. The first kappa shape index (κ1) is 8.96. The second kappa shape index (κ2) is 3.51. The standard InChI is InChI=1S/C6H8BNO4/c9-7(10)5-3-1-2-4-6(5)8(11)12/h1,3,9-10H,2,4H2. The van der Waals surface area contributed by atoms with Crippen LogP contribution in [-0.2, 0) is 0 Å². The van der Waals surface area contributed by atoms with Gasteiger partial charge in [-0.1, -0.05) is 12.2 Å². The molecule has 0 aromatic rings. The lowest BCUT2D eigenvalue weighted by atomic mass is 9.75. The van der Waals surface area contributed by atoms with Gasteiger partial charge >= 0.3 is 7.12 Å². The third-order valence-electron chi connectivity index (χ3n) is 1.68. The number of nitro groups is 1. The fourth-order valence-corrected chi connectivity index (χ4v) is 1.10.